The largest absolute Gasteiger partial charge is 0.353 e. The molecule has 0 radical (unpaired) electrons. The second-order valence-corrected chi connectivity index (χ2v) is 4.93. The first-order chi connectivity index (χ1) is 8.28. The SMILES string of the molecule is CNCc1ccn(CCN2CCN(C)CC2)c1. The summed E-state index contributed by atoms with van der Waals surface area (Å²) in [7, 11) is 4.19. The number of nitrogens with one attached hydrogen (secondary N) is 1. The number of hydrogen-bond donors (Lipinski definition) is 1. The first-order valence-electron chi connectivity index (χ1n) is 6.48. The molecule has 1 aromatic rings. The summed E-state index contributed by atoms with van der Waals surface area (Å²) in [6.07, 6.45) is 4.43. The number of hydrogen-bond acceptors (Lipinski definition) is 3. The Labute approximate surface area is 104 Å². The van der Waals surface area contributed by atoms with Crippen molar-refractivity contribution in [3.05, 3.63) is 24.0 Å². The standard InChI is InChI=1S/C13H24N4/c1-14-11-13-3-4-17(12-13)10-9-16-7-5-15(2)6-8-16/h3-4,12,14H,5-11H2,1-2H3. The second-order valence-electron chi connectivity index (χ2n) is 4.93. The molecule has 2 heterocycles. The monoisotopic (exact) mass is 236 g/mol. The summed E-state index contributed by atoms with van der Waals surface area (Å²) in [5, 5.41) is 3.18. The lowest BCUT2D eigenvalue weighted by atomic mass is 10.3. The normalized spacial score (nSPS) is 18.7. The maximum Gasteiger partial charge on any atom is 0.0347 e. The minimum atomic E-state index is 0.960. The molecule has 1 fully saturated rings. The molecule has 0 aromatic carbocycles. The van der Waals surface area contributed by atoms with Gasteiger partial charge in [0, 0.05) is 58.2 Å². The van der Waals surface area contributed by atoms with Gasteiger partial charge < -0.3 is 14.8 Å². The van der Waals surface area contributed by atoms with Gasteiger partial charge in [0.05, 0.1) is 0 Å². The summed E-state index contributed by atoms with van der Waals surface area (Å²) in [5.41, 5.74) is 1.37. The van der Waals surface area contributed by atoms with Crippen molar-refractivity contribution in [1.29, 1.82) is 0 Å². The van der Waals surface area contributed by atoms with Crippen LogP contribution in [0.3, 0.4) is 0 Å². The zero-order valence-electron chi connectivity index (χ0n) is 11.0. The Balaban J connectivity index is 1.73. The van der Waals surface area contributed by atoms with Crippen molar-refractivity contribution in [3.8, 4) is 0 Å². The van der Waals surface area contributed by atoms with Gasteiger partial charge in [0.2, 0.25) is 0 Å². The van der Waals surface area contributed by atoms with Crippen LogP contribution in [0, 0.1) is 0 Å². The zero-order valence-corrected chi connectivity index (χ0v) is 11.0. The number of rotatable bonds is 5. The van der Waals surface area contributed by atoms with Crippen LogP contribution in [0.5, 0.6) is 0 Å². The van der Waals surface area contributed by atoms with Crippen LogP contribution < -0.4 is 5.32 Å². The summed E-state index contributed by atoms with van der Waals surface area (Å²) in [5.74, 6) is 0. The van der Waals surface area contributed by atoms with Gasteiger partial charge in [0.25, 0.3) is 0 Å². The molecule has 17 heavy (non-hydrogen) atoms. The number of piperazine rings is 1. The van der Waals surface area contributed by atoms with Gasteiger partial charge in [0.1, 0.15) is 0 Å². The average molecular weight is 236 g/mol. The van der Waals surface area contributed by atoms with Crippen molar-refractivity contribution < 1.29 is 0 Å². The van der Waals surface area contributed by atoms with E-state index in [1.807, 2.05) is 7.05 Å². The van der Waals surface area contributed by atoms with Gasteiger partial charge >= 0.3 is 0 Å². The van der Waals surface area contributed by atoms with Gasteiger partial charge in [-0.15, -0.1) is 0 Å². The summed E-state index contributed by atoms with van der Waals surface area (Å²) in [6.45, 7) is 8.06. The third-order valence-electron chi connectivity index (χ3n) is 3.46. The first-order valence-corrected chi connectivity index (χ1v) is 6.48. The lowest BCUT2D eigenvalue weighted by molar-refractivity contribution is 0.150. The molecule has 0 bridgehead atoms. The third kappa shape index (κ3) is 3.84. The van der Waals surface area contributed by atoms with Gasteiger partial charge in [-0.3, -0.25) is 4.90 Å². The quantitative estimate of drug-likeness (QED) is 0.803. The predicted molar refractivity (Wildman–Crippen MR) is 71.1 cm³/mol. The van der Waals surface area contributed by atoms with Gasteiger partial charge in [-0.05, 0) is 25.7 Å². The molecule has 0 amide bonds. The molecular formula is C13H24N4. The summed E-state index contributed by atoms with van der Waals surface area (Å²) in [4.78, 5) is 4.95. The zero-order chi connectivity index (χ0) is 12.1. The molecule has 1 saturated heterocycles. The molecule has 0 unspecified atom stereocenters. The van der Waals surface area contributed by atoms with Crippen LogP contribution in [0.4, 0.5) is 0 Å². The summed E-state index contributed by atoms with van der Waals surface area (Å²) in [6, 6.07) is 2.19. The summed E-state index contributed by atoms with van der Waals surface area (Å²) < 4.78 is 2.30. The molecule has 1 aliphatic heterocycles. The highest BCUT2D eigenvalue weighted by molar-refractivity contribution is 5.09. The molecule has 0 atom stereocenters. The van der Waals surface area contributed by atoms with E-state index < -0.39 is 0 Å². The van der Waals surface area contributed by atoms with E-state index in [1.165, 1.54) is 38.3 Å². The van der Waals surface area contributed by atoms with E-state index in [1.54, 1.807) is 0 Å². The van der Waals surface area contributed by atoms with E-state index >= 15 is 0 Å². The van der Waals surface area contributed by atoms with Crippen molar-refractivity contribution in [2.75, 3.05) is 46.8 Å². The number of nitrogens with zero attached hydrogens (tertiary/aromatic N) is 3. The Morgan fingerprint density at radius 1 is 1.18 bits per heavy atom. The Kier molecular flexibility index (Phi) is 4.59. The van der Waals surface area contributed by atoms with Crippen molar-refractivity contribution in [2.24, 2.45) is 0 Å². The molecule has 4 heteroatoms. The van der Waals surface area contributed by atoms with Gasteiger partial charge in [-0.1, -0.05) is 0 Å². The molecule has 96 valence electrons. The molecule has 1 aromatic heterocycles. The van der Waals surface area contributed by atoms with E-state index in [-0.39, 0.29) is 0 Å². The van der Waals surface area contributed by atoms with Crippen molar-refractivity contribution in [1.82, 2.24) is 19.7 Å². The lowest BCUT2D eigenvalue weighted by Gasteiger charge is -2.32. The van der Waals surface area contributed by atoms with Crippen LogP contribution in [-0.4, -0.2) is 61.2 Å². The molecule has 0 aliphatic carbocycles. The fourth-order valence-electron chi connectivity index (χ4n) is 2.27. The number of aromatic nitrogens is 1. The fourth-order valence-corrected chi connectivity index (χ4v) is 2.27. The van der Waals surface area contributed by atoms with E-state index in [0.29, 0.717) is 0 Å². The Morgan fingerprint density at radius 3 is 2.65 bits per heavy atom. The van der Waals surface area contributed by atoms with Crippen LogP contribution >= 0.6 is 0 Å². The van der Waals surface area contributed by atoms with Crippen LogP contribution in [-0.2, 0) is 13.1 Å². The average Bonchev–Trinajstić information content (AvgIpc) is 2.77. The van der Waals surface area contributed by atoms with E-state index in [4.69, 9.17) is 0 Å². The highest BCUT2D eigenvalue weighted by Gasteiger charge is 2.12. The van der Waals surface area contributed by atoms with Gasteiger partial charge in [-0.2, -0.15) is 0 Å². The minimum absolute atomic E-state index is 0.960. The van der Waals surface area contributed by atoms with Crippen LogP contribution in [0.25, 0.3) is 0 Å². The van der Waals surface area contributed by atoms with Gasteiger partial charge in [0.15, 0.2) is 0 Å². The highest BCUT2D eigenvalue weighted by atomic mass is 15.2. The van der Waals surface area contributed by atoms with Crippen molar-refractivity contribution in [3.63, 3.8) is 0 Å². The van der Waals surface area contributed by atoms with Gasteiger partial charge in [-0.25, -0.2) is 0 Å². The van der Waals surface area contributed by atoms with E-state index in [2.05, 4.69) is 45.2 Å². The van der Waals surface area contributed by atoms with Crippen LogP contribution in [0.2, 0.25) is 0 Å². The molecule has 0 saturated carbocycles. The fraction of sp³-hybridized carbons (Fsp3) is 0.692. The Bertz CT molecular complexity index is 326. The summed E-state index contributed by atoms with van der Waals surface area (Å²) >= 11 is 0. The second kappa shape index (κ2) is 6.19. The highest BCUT2D eigenvalue weighted by Crippen LogP contribution is 2.03. The molecular weight excluding hydrogens is 212 g/mol. The first kappa shape index (κ1) is 12.6. The van der Waals surface area contributed by atoms with E-state index in [9.17, 15) is 0 Å². The topological polar surface area (TPSA) is 23.4 Å². The smallest absolute Gasteiger partial charge is 0.0347 e. The van der Waals surface area contributed by atoms with Crippen molar-refractivity contribution in [2.45, 2.75) is 13.1 Å². The van der Waals surface area contributed by atoms with Crippen LogP contribution in [0.15, 0.2) is 18.5 Å². The molecule has 4 nitrogen and oxygen atoms in total. The molecule has 2 rings (SSSR count). The van der Waals surface area contributed by atoms with E-state index in [0.717, 1.165) is 13.1 Å². The maximum atomic E-state index is 3.18. The van der Waals surface area contributed by atoms with Crippen molar-refractivity contribution >= 4 is 0 Å². The van der Waals surface area contributed by atoms with Crippen LogP contribution in [0.1, 0.15) is 5.56 Å². The Morgan fingerprint density at radius 2 is 1.94 bits per heavy atom. The maximum absolute atomic E-state index is 3.18. The molecule has 1 N–H and O–H groups in total. The third-order valence-corrected chi connectivity index (χ3v) is 3.46. The molecule has 0 spiro atoms. The lowest BCUT2D eigenvalue weighted by Crippen LogP contribution is -2.45. The number of likely N-dealkylation sites (N-methyl/N-ethyl adjacent to an activating group) is 1. The molecule has 1 aliphatic rings. The Hall–Kier alpha value is -0.840. The predicted octanol–water partition coefficient (Wildman–Crippen LogP) is 0.455. The minimum Gasteiger partial charge on any atom is -0.353 e.